The number of benzene rings is 2. The molecule has 2 aromatic carbocycles. The van der Waals surface area contributed by atoms with Crippen LogP contribution in [0.25, 0.3) is 0 Å². The average molecular weight is 546 g/mol. The van der Waals surface area contributed by atoms with Crippen LogP contribution in [0.4, 0.5) is 0 Å². The highest BCUT2D eigenvalue weighted by Crippen LogP contribution is 2.48. The molecule has 1 aromatic heterocycles. The maximum atomic E-state index is 13.9. The topological polar surface area (TPSA) is 84.7 Å². The molecule has 2 atom stereocenters. The number of amides is 2. The van der Waals surface area contributed by atoms with Gasteiger partial charge in [-0.15, -0.1) is 0 Å². The smallest absolute Gasteiger partial charge is 0.242 e. The summed E-state index contributed by atoms with van der Waals surface area (Å²) in [7, 11) is 0. The van der Waals surface area contributed by atoms with Crippen molar-refractivity contribution in [2.24, 2.45) is 5.92 Å². The summed E-state index contributed by atoms with van der Waals surface area (Å²) < 4.78 is 22.0. The number of morpholine rings is 1. The lowest BCUT2D eigenvalue weighted by atomic mass is 10.1. The van der Waals surface area contributed by atoms with E-state index in [0.717, 1.165) is 25.1 Å². The standard InChI is InChI=1S/C31H35N3O6/c35-30(34(20-25-7-4-14-38-25)19-23-8-9-28-29(17-23)40-22-39-28)21-33(11-10-32-12-15-37-16-13-32)31(36)27-18-26(27)24-5-2-1-3-6-24/h1-9,14,17,26-27H,10-13,15-16,18-22H2. The lowest BCUT2D eigenvalue weighted by Gasteiger charge is -2.31. The van der Waals surface area contributed by atoms with Crippen molar-refractivity contribution in [3.63, 3.8) is 0 Å². The van der Waals surface area contributed by atoms with Crippen LogP contribution in [0.1, 0.15) is 29.2 Å². The van der Waals surface area contributed by atoms with Crippen molar-refractivity contribution >= 4 is 11.8 Å². The average Bonchev–Trinajstić information content (AvgIpc) is 3.36. The maximum absolute atomic E-state index is 13.9. The predicted octanol–water partition coefficient (Wildman–Crippen LogP) is 3.50. The molecule has 9 heteroatoms. The van der Waals surface area contributed by atoms with Gasteiger partial charge in [0.05, 0.1) is 32.6 Å². The zero-order chi connectivity index (χ0) is 27.3. The Hall–Kier alpha value is -3.82. The number of nitrogens with zero attached hydrogens (tertiary/aromatic N) is 3. The Bertz CT molecular complexity index is 1290. The fourth-order valence-electron chi connectivity index (χ4n) is 5.47. The summed E-state index contributed by atoms with van der Waals surface area (Å²) in [5.74, 6) is 2.11. The van der Waals surface area contributed by atoms with Gasteiger partial charge >= 0.3 is 0 Å². The number of rotatable bonds is 11. The largest absolute Gasteiger partial charge is 0.467 e. The third kappa shape index (κ3) is 6.32. The van der Waals surface area contributed by atoms with E-state index in [0.29, 0.717) is 56.7 Å². The van der Waals surface area contributed by atoms with Crippen LogP contribution >= 0.6 is 0 Å². The van der Waals surface area contributed by atoms with Crippen LogP contribution in [0.3, 0.4) is 0 Å². The van der Waals surface area contributed by atoms with Crippen LogP contribution in [0.15, 0.2) is 71.3 Å². The van der Waals surface area contributed by atoms with Gasteiger partial charge in [-0.25, -0.2) is 0 Å². The lowest BCUT2D eigenvalue weighted by Crippen LogP contribution is -2.47. The predicted molar refractivity (Wildman–Crippen MR) is 147 cm³/mol. The van der Waals surface area contributed by atoms with E-state index in [1.54, 1.807) is 16.1 Å². The summed E-state index contributed by atoms with van der Waals surface area (Å²) in [5.41, 5.74) is 2.10. The van der Waals surface area contributed by atoms with Crippen LogP contribution in [-0.4, -0.2) is 79.2 Å². The first-order valence-corrected chi connectivity index (χ1v) is 14.0. The molecule has 3 heterocycles. The van der Waals surface area contributed by atoms with Crippen LogP contribution in [0.2, 0.25) is 0 Å². The fraction of sp³-hybridized carbons (Fsp3) is 0.419. The summed E-state index contributed by atoms with van der Waals surface area (Å²) in [6.45, 7) is 5.15. The molecule has 210 valence electrons. The Morgan fingerprint density at radius 1 is 0.900 bits per heavy atom. The zero-order valence-corrected chi connectivity index (χ0v) is 22.6. The van der Waals surface area contributed by atoms with Gasteiger partial charge in [0.1, 0.15) is 5.76 Å². The number of hydrogen-bond acceptors (Lipinski definition) is 7. The molecule has 0 radical (unpaired) electrons. The summed E-state index contributed by atoms with van der Waals surface area (Å²) >= 11 is 0. The number of hydrogen-bond donors (Lipinski definition) is 0. The molecule has 1 aliphatic carbocycles. The van der Waals surface area contributed by atoms with E-state index < -0.39 is 0 Å². The number of carbonyl (C=O) groups excluding carboxylic acids is 2. The fourth-order valence-corrected chi connectivity index (χ4v) is 5.47. The molecule has 0 N–H and O–H groups in total. The summed E-state index contributed by atoms with van der Waals surface area (Å²) in [6, 6.07) is 19.5. The number of fused-ring (bicyclic) bond motifs is 1. The van der Waals surface area contributed by atoms with E-state index in [1.807, 2.05) is 48.5 Å². The molecular formula is C31H35N3O6. The van der Waals surface area contributed by atoms with Gasteiger partial charge in [-0.2, -0.15) is 0 Å². The monoisotopic (exact) mass is 545 g/mol. The van der Waals surface area contributed by atoms with Crippen LogP contribution in [0, 0.1) is 5.92 Å². The van der Waals surface area contributed by atoms with Gasteiger partial charge in [-0.1, -0.05) is 36.4 Å². The normalized spacial score (nSPS) is 19.8. The molecule has 2 aliphatic heterocycles. The second-order valence-electron chi connectivity index (χ2n) is 10.6. The molecule has 3 aliphatic rings. The molecule has 9 nitrogen and oxygen atoms in total. The molecule has 1 saturated carbocycles. The van der Waals surface area contributed by atoms with E-state index in [-0.39, 0.29) is 37.0 Å². The van der Waals surface area contributed by atoms with Crippen molar-refractivity contribution in [1.29, 1.82) is 0 Å². The van der Waals surface area contributed by atoms with E-state index in [4.69, 9.17) is 18.6 Å². The van der Waals surface area contributed by atoms with Gasteiger partial charge < -0.3 is 28.4 Å². The molecule has 40 heavy (non-hydrogen) atoms. The Balaban J connectivity index is 1.18. The minimum atomic E-state index is -0.124. The lowest BCUT2D eigenvalue weighted by molar-refractivity contribution is -0.142. The van der Waals surface area contributed by atoms with Crippen molar-refractivity contribution in [2.45, 2.75) is 25.4 Å². The van der Waals surface area contributed by atoms with Gasteiger partial charge in [0.15, 0.2) is 11.5 Å². The molecule has 1 saturated heterocycles. The van der Waals surface area contributed by atoms with Crippen molar-refractivity contribution in [3.8, 4) is 11.5 Å². The van der Waals surface area contributed by atoms with Gasteiger partial charge in [0.2, 0.25) is 18.6 Å². The second-order valence-corrected chi connectivity index (χ2v) is 10.6. The van der Waals surface area contributed by atoms with E-state index in [2.05, 4.69) is 17.0 Å². The summed E-state index contributed by atoms with van der Waals surface area (Å²) in [6.07, 6.45) is 2.42. The Morgan fingerprint density at radius 2 is 1.73 bits per heavy atom. The van der Waals surface area contributed by atoms with Gasteiger partial charge in [0.25, 0.3) is 0 Å². The SMILES string of the molecule is O=C(CN(CCN1CCOCC1)C(=O)C1CC1c1ccccc1)N(Cc1ccc2c(c1)OCO2)Cc1ccco1. The highest BCUT2D eigenvalue weighted by atomic mass is 16.7. The molecule has 0 bridgehead atoms. The molecule has 0 spiro atoms. The highest BCUT2D eigenvalue weighted by Gasteiger charge is 2.46. The van der Waals surface area contributed by atoms with E-state index >= 15 is 0 Å². The Labute approximate surface area is 234 Å². The van der Waals surface area contributed by atoms with Gasteiger partial charge in [0, 0.05) is 38.6 Å². The van der Waals surface area contributed by atoms with Gasteiger partial charge in [-0.3, -0.25) is 14.5 Å². The molecule has 2 fully saturated rings. The summed E-state index contributed by atoms with van der Waals surface area (Å²) in [4.78, 5) is 33.5. The van der Waals surface area contributed by atoms with Crippen LogP contribution < -0.4 is 9.47 Å². The number of furan rings is 1. The van der Waals surface area contributed by atoms with Crippen molar-refractivity contribution in [2.75, 3.05) is 52.7 Å². The zero-order valence-electron chi connectivity index (χ0n) is 22.6. The highest BCUT2D eigenvalue weighted by molar-refractivity contribution is 5.88. The summed E-state index contributed by atoms with van der Waals surface area (Å²) in [5, 5.41) is 0. The number of ether oxygens (including phenoxy) is 3. The van der Waals surface area contributed by atoms with Crippen molar-refractivity contribution in [1.82, 2.24) is 14.7 Å². The minimum absolute atomic E-state index is 0.0203. The van der Waals surface area contributed by atoms with E-state index in [9.17, 15) is 9.59 Å². The maximum Gasteiger partial charge on any atom is 0.242 e. The van der Waals surface area contributed by atoms with Crippen molar-refractivity contribution in [3.05, 3.63) is 83.8 Å². The molecule has 2 unspecified atom stereocenters. The van der Waals surface area contributed by atoms with Crippen molar-refractivity contribution < 1.29 is 28.2 Å². The molecule has 3 aromatic rings. The van der Waals surface area contributed by atoms with Crippen LogP contribution in [0.5, 0.6) is 11.5 Å². The second kappa shape index (κ2) is 12.1. The first-order valence-electron chi connectivity index (χ1n) is 14.0. The van der Waals surface area contributed by atoms with Crippen LogP contribution in [-0.2, 0) is 27.4 Å². The molecule has 2 amide bonds. The third-order valence-electron chi connectivity index (χ3n) is 7.85. The van der Waals surface area contributed by atoms with E-state index in [1.165, 1.54) is 5.56 Å². The first kappa shape index (κ1) is 26.4. The third-order valence-corrected chi connectivity index (χ3v) is 7.85. The minimum Gasteiger partial charge on any atom is -0.467 e. The van der Waals surface area contributed by atoms with Gasteiger partial charge in [-0.05, 0) is 47.7 Å². The first-order chi connectivity index (χ1) is 19.6. The molecule has 6 rings (SSSR count). The molecular weight excluding hydrogens is 510 g/mol. The Kier molecular flexibility index (Phi) is 8.02. The quantitative estimate of drug-likeness (QED) is 0.365. The number of carbonyl (C=O) groups is 2. The Morgan fingerprint density at radius 3 is 2.52 bits per heavy atom.